The van der Waals surface area contributed by atoms with Crippen molar-refractivity contribution in [1.82, 2.24) is 4.90 Å². The maximum atomic E-state index is 12.5. The van der Waals surface area contributed by atoms with Gasteiger partial charge in [-0.25, -0.2) is 0 Å². The third-order valence-corrected chi connectivity index (χ3v) is 3.90. The van der Waals surface area contributed by atoms with Crippen molar-refractivity contribution in [3.8, 4) is 0 Å². The zero-order chi connectivity index (χ0) is 14.0. The molecule has 1 aliphatic rings. The van der Waals surface area contributed by atoms with E-state index in [9.17, 15) is 9.90 Å². The van der Waals surface area contributed by atoms with Gasteiger partial charge in [-0.1, -0.05) is 25.1 Å². The molecule has 1 aliphatic heterocycles. The molecule has 1 unspecified atom stereocenters. The van der Waals surface area contributed by atoms with Crippen molar-refractivity contribution in [2.75, 3.05) is 31.6 Å². The number of aryl methyl sites for hydroxylation is 2. The SMILES string of the molecule is CCc1cccc(C)c1N1CCN(C)C(CO)C1=O. The second-order valence-electron chi connectivity index (χ2n) is 5.11. The summed E-state index contributed by atoms with van der Waals surface area (Å²) in [7, 11) is 1.88. The third kappa shape index (κ3) is 2.51. The Morgan fingerprint density at radius 3 is 2.74 bits per heavy atom. The van der Waals surface area contributed by atoms with Crippen LogP contribution < -0.4 is 4.90 Å². The highest BCUT2D eigenvalue weighted by Crippen LogP contribution is 2.28. The molecular weight excluding hydrogens is 240 g/mol. The van der Waals surface area contributed by atoms with Crippen molar-refractivity contribution in [3.63, 3.8) is 0 Å². The van der Waals surface area contributed by atoms with Gasteiger partial charge >= 0.3 is 0 Å². The fraction of sp³-hybridized carbons (Fsp3) is 0.533. The van der Waals surface area contributed by atoms with Crippen LogP contribution in [-0.4, -0.2) is 48.7 Å². The molecule has 4 nitrogen and oxygen atoms in total. The zero-order valence-corrected chi connectivity index (χ0v) is 11.9. The van der Waals surface area contributed by atoms with Crippen LogP contribution in [0.3, 0.4) is 0 Å². The Morgan fingerprint density at radius 2 is 2.11 bits per heavy atom. The first-order valence-electron chi connectivity index (χ1n) is 6.81. The zero-order valence-electron chi connectivity index (χ0n) is 11.9. The molecule has 1 fully saturated rings. The standard InChI is InChI=1S/C15H22N2O2/c1-4-12-7-5-6-11(2)14(12)17-9-8-16(3)13(10-18)15(17)19/h5-7,13,18H,4,8-10H2,1-3H3. The van der Waals surface area contributed by atoms with Crippen LogP contribution in [-0.2, 0) is 11.2 Å². The third-order valence-electron chi connectivity index (χ3n) is 3.90. The molecule has 1 N–H and O–H groups in total. The van der Waals surface area contributed by atoms with Crippen molar-refractivity contribution in [3.05, 3.63) is 29.3 Å². The predicted octanol–water partition coefficient (Wildman–Crippen LogP) is 1.20. The van der Waals surface area contributed by atoms with Crippen LogP contribution in [0, 0.1) is 6.92 Å². The number of piperazine rings is 1. The summed E-state index contributed by atoms with van der Waals surface area (Å²) in [4.78, 5) is 16.3. The highest BCUT2D eigenvalue weighted by atomic mass is 16.3. The summed E-state index contributed by atoms with van der Waals surface area (Å²) in [5, 5.41) is 9.40. The number of hydrogen-bond acceptors (Lipinski definition) is 3. The Bertz CT molecular complexity index is 473. The van der Waals surface area contributed by atoms with E-state index in [0.29, 0.717) is 6.54 Å². The molecule has 1 amide bonds. The second-order valence-corrected chi connectivity index (χ2v) is 5.11. The first kappa shape index (κ1) is 14.0. The Hall–Kier alpha value is -1.39. The molecule has 0 aromatic heterocycles. The van der Waals surface area contributed by atoms with E-state index in [4.69, 9.17) is 0 Å². The van der Waals surface area contributed by atoms with Crippen LogP contribution in [0.5, 0.6) is 0 Å². The van der Waals surface area contributed by atoms with Gasteiger partial charge in [-0.05, 0) is 31.5 Å². The van der Waals surface area contributed by atoms with Gasteiger partial charge in [-0.3, -0.25) is 9.69 Å². The summed E-state index contributed by atoms with van der Waals surface area (Å²) < 4.78 is 0. The van der Waals surface area contributed by atoms with E-state index in [0.717, 1.165) is 24.2 Å². The summed E-state index contributed by atoms with van der Waals surface area (Å²) in [6.45, 7) is 5.48. The Kier molecular flexibility index (Phi) is 4.22. The molecule has 0 bridgehead atoms. The fourth-order valence-corrected chi connectivity index (χ4v) is 2.72. The van der Waals surface area contributed by atoms with Crippen LogP contribution in [0.4, 0.5) is 5.69 Å². The molecule has 1 aromatic carbocycles. The number of amides is 1. The lowest BCUT2D eigenvalue weighted by Gasteiger charge is -2.39. The number of rotatable bonds is 3. The smallest absolute Gasteiger partial charge is 0.246 e. The van der Waals surface area contributed by atoms with Crippen LogP contribution in [0.2, 0.25) is 0 Å². The molecule has 0 spiro atoms. The number of carbonyl (C=O) groups excluding carboxylic acids is 1. The van der Waals surface area contributed by atoms with Gasteiger partial charge in [0.1, 0.15) is 6.04 Å². The van der Waals surface area contributed by atoms with Gasteiger partial charge in [0.2, 0.25) is 5.91 Å². The van der Waals surface area contributed by atoms with E-state index in [1.165, 1.54) is 5.56 Å². The first-order chi connectivity index (χ1) is 9.10. The predicted molar refractivity (Wildman–Crippen MR) is 76.4 cm³/mol. The maximum absolute atomic E-state index is 12.5. The minimum atomic E-state index is -0.418. The summed E-state index contributed by atoms with van der Waals surface area (Å²) in [6, 6.07) is 5.72. The van der Waals surface area contributed by atoms with Crippen LogP contribution in [0.15, 0.2) is 18.2 Å². The molecule has 1 atom stereocenters. The van der Waals surface area contributed by atoms with Crippen molar-refractivity contribution < 1.29 is 9.90 Å². The topological polar surface area (TPSA) is 43.8 Å². The first-order valence-corrected chi connectivity index (χ1v) is 6.81. The molecule has 4 heteroatoms. The fourth-order valence-electron chi connectivity index (χ4n) is 2.72. The number of nitrogens with zero attached hydrogens (tertiary/aromatic N) is 2. The van der Waals surface area contributed by atoms with Gasteiger partial charge in [-0.2, -0.15) is 0 Å². The number of aliphatic hydroxyl groups excluding tert-OH is 1. The molecule has 1 saturated heterocycles. The molecule has 1 heterocycles. The molecule has 0 aliphatic carbocycles. The molecule has 2 rings (SSSR count). The average molecular weight is 262 g/mol. The number of anilines is 1. The molecule has 19 heavy (non-hydrogen) atoms. The van der Waals surface area contributed by atoms with Gasteiger partial charge in [0.15, 0.2) is 0 Å². The van der Waals surface area contributed by atoms with E-state index < -0.39 is 6.04 Å². The number of likely N-dealkylation sites (N-methyl/N-ethyl adjacent to an activating group) is 1. The van der Waals surface area contributed by atoms with Gasteiger partial charge in [-0.15, -0.1) is 0 Å². The Morgan fingerprint density at radius 1 is 1.37 bits per heavy atom. The lowest BCUT2D eigenvalue weighted by atomic mass is 10.0. The molecule has 104 valence electrons. The van der Waals surface area contributed by atoms with E-state index in [2.05, 4.69) is 13.0 Å². The largest absolute Gasteiger partial charge is 0.394 e. The number of aliphatic hydroxyl groups is 1. The van der Waals surface area contributed by atoms with Crippen molar-refractivity contribution in [1.29, 1.82) is 0 Å². The van der Waals surface area contributed by atoms with Crippen LogP contribution in [0.1, 0.15) is 18.1 Å². The average Bonchev–Trinajstić information content (AvgIpc) is 2.40. The van der Waals surface area contributed by atoms with Crippen LogP contribution >= 0.6 is 0 Å². The summed E-state index contributed by atoms with van der Waals surface area (Å²) >= 11 is 0. The van der Waals surface area contributed by atoms with Crippen molar-refractivity contribution >= 4 is 11.6 Å². The number of carbonyl (C=O) groups is 1. The number of benzene rings is 1. The van der Waals surface area contributed by atoms with E-state index >= 15 is 0 Å². The number of para-hydroxylation sites is 1. The lowest BCUT2D eigenvalue weighted by Crippen LogP contribution is -2.57. The summed E-state index contributed by atoms with van der Waals surface area (Å²) in [6.07, 6.45) is 0.903. The minimum absolute atomic E-state index is 0.000231. The van der Waals surface area contributed by atoms with Gasteiger partial charge in [0, 0.05) is 18.8 Å². The molecule has 0 radical (unpaired) electrons. The Labute approximate surface area is 114 Å². The Balaban J connectivity index is 2.39. The van der Waals surface area contributed by atoms with Crippen molar-refractivity contribution in [2.45, 2.75) is 26.3 Å². The molecule has 0 saturated carbocycles. The van der Waals surface area contributed by atoms with Gasteiger partial charge < -0.3 is 10.0 Å². The van der Waals surface area contributed by atoms with E-state index in [1.807, 2.05) is 35.9 Å². The number of hydrogen-bond donors (Lipinski definition) is 1. The minimum Gasteiger partial charge on any atom is -0.394 e. The quantitative estimate of drug-likeness (QED) is 0.890. The van der Waals surface area contributed by atoms with Crippen molar-refractivity contribution in [2.24, 2.45) is 0 Å². The second kappa shape index (κ2) is 5.72. The molecule has 1 aromatic rings. The molecular formula is C15H22N2O2. The van der Waals surface area contributed by atoms with Gasteiger partial charge in [0.05, 0.1) is 6.61 Å². The lowest BCUT2D eigenvalue weighted by molar-refractivity contribution is -0.126. The highest BCUT2D eigenvalue weighted by Gasteiger charge is 2.34. The van der Waals surface area contributed by atoms with Gasteiger partial charge in [0.25, 0.3) is 0 Å². The summed E-state index contributed by atoms with van der Waals surface area (Å²) in [5.74, 6) is 0.000231. The van der Waals surface area contributed by atoms with E-state index in [-0.39, 0.29) is 12.5 Å². The monoisotopic (exact) mass is 262 g/mol. The maximum Gasteiger partial charge on any atom is 0.246 e. The van der Waals surface area contributed by atoms with Crippen LogP contribution in [0.25, 0.3) is 0 Å². The van der Waals surface area contributed by atoms with E-state index in [1.54, 1.807) is 0 Å². The normalized spacial score (nSPS) is 20.9. The summed E-state index contributed by atoms with van der Waals surface area (Å²) in [5.41, 5.74) is 3.34. The highest BCUT2D eigenvalue weighted by molar-refractivity contribution is 5.99.